The van der Waals surface area contributed by atoms with Crippen LogP contribution in [0.1, 0.15) is 16.1 Å². The summed E-state index contributed by atoms with van der Waals surface area (Å²) in [4.78, 5) is 12.6. The topological polar surface area (TPSA) is 60.9 Å². The second kappa shape index (κ2) is 8.98. The van der Waals surface area contributed by atoms with Crippen LogP contribution < -0.4 is 0 Å². The summed E-state index contributed by atoms with van der Waals surface area (Å²) in [5.74, 6) is 1.69. The minimum Gasteiger partial charge on any atom is -0.467 e. The quantitative estimate of drug-likeness (QED) is 0.237. The molecule has 0 saturated carbocycles. The standard InChI is InChI=1S/C21H15BrClN3O2S/c22-18-9-2-1-8-17(18)19(27)13-29-21-25-24-20(14-5-3-6-15(23)11-14)26(21)12-16-7-4-10-28-16/h1-11H,12-13H2. The SMILES string of the molecule is O=C(CSc1nnc(-c2cccc(Cl)c2)n1Cc1ccco1)c1ccccc1Br. The van der Waals surface area contributed by atoms with Gasteiger partial charge in [-0.05, 0) is 30.3 Å². The smallest absolute Gasteiger partial charge is 0.192 e. The van der Waals surface area contributed by atoms with E-state index in [1.807, 2.05) is 59.2 Å². The van der Waals surface area contributed by atoms with Gasteiger partial charge in [0, 0.05) is 20.6 Å². The lowest BCUT2D eigenvalue weighted by Crippen LogP contribution is -2.07. The van der Waals surface area contributed by atoms with Gasteiger partial charge in [0.1, 0.15) is 5.76 Å². The van der Waals surface area contributed by atoms with E-state index in [1.54, 1.807) is 12.3 Å². The summed E-state index contributed by atoms with van der Waals surface area (Å²) >= 11 is 10.9. The molecule has 0 atom stereocenters. The molecule has 4 rings (SSSR count). The van der Waals surface area contributed by atoms with Crippen LogP contribution in [0.3, 0.4) is 0 Å². The molecule has 0 unspecified atom stereocenters. The summed E-state index contributed by atoms with van der Waals surface area (Å²) < 4.78 is 8.22. The van der Waals surface area contributed by atoms with Crippen molar-refractivity contribution < 1.29 is 9.21 Å². The number of hydrogen-bond acceptors (Lipinski definition) is 5. The number of hydrogen-bond donors (Lipinski definition) is 0. The monoisotopic (exact) mass is 487 g/mol. The number of benzene rings is 2. The number of thioether (sulfide) groups is 1. The average Bonchev–Trinajstić information content (AvgIpc) is 3.37. The Kier molecular flexibility index (Phi) is 6.18. The molecule has 0 bridgehead atoms. The van der Waals surface area contributed by atoms with Gasteiger partial charge in [-0.1, -0.05) is 69.6 Å². The van der Waals surface area contributed by atoms with E-state index in [9.17, 15) is 4.79 Å². The number of halogens is 2. The first-order valence-corrected chi connectivity index (χ1v) is 10.9. The largest absolute Gasteiger partial charge is 0.467 e. The number of aromatic nitrogens is 3. The number of ketones is 1. The normalized spacial score (nSPS) is 11.0. The highest BCUT2D eigenvalue weighted by atomic mass is 79.9. The second-order valence-electron chi connectivity index (χ2n) is 6.17. The molecule has 29 heavy (non-hydrogen) atoms. The fourth-order valence-corrected chi connectivity index (χ4v) is 4.35. The van der Waals surface area contributed by atoms with Crippen molar-refractivity contribution in [2.75, 3.05) is 5.75 Å². The lowest BCUT2D eigenvalue weighted by Gasteiger charge is -2.09. The maximum absolute atomic E-state index is 12.6. The molecular formula is C21H15BrClN3O2S. The molecule has 8 heteroatoms. The first kappa shape index (κ1) is 19.9. The Bertz CT molecular complexity index is 1140. The molecule has 0 aliphatic carbocycles. The van der Waals surface area contributed by atoms with Gasteiger partial charge in [0.25, 0.3) is 0 Å². The highest BCUT2D eigenvalue weighted by Crippen LogP contribution is 2.28. The van der Waals surface area contributed by atoms with E-state index in [2.05, 4.69) is 26.1 Å². The van der Waals surface area contributed by atoms with E-state index >= 15 is 0 Å². The number of furan rings is 1. The molecule has 0 amide bonds. The van der Waals surface area contributed by atoms with Gasteiger partial charge >= 0.3 is 0 Å². The molecule has 2 aromatic heterocycles. The summed E-state index contributed by atoms with van der Waals surface area (Å²) in [5, 5.41) is 9.92. The molecule has 2 heterocycles. The van der Waals surface area contributed by atoms with Gasteiger partial charge in [0.2, 0.25) is 0 Å². The van der Waals surface area contributed by atoms with Crippen LogP contribution in [0.5, 0.6) is 0 Å². The minimum atomic E-state index is 0.0133. The molecule has 0 radical (unpaired) electrons. The lowest BCUT2D eigenvalue weighted by atomic mass is 10.1. The van der Waals surface area contributed by atoms with Crippen molar-refractivity contribution >= 4 is 45.1 Å². The van der Waals surface area contributed by atoms with Gasteiger partial charge in [-0.25, -0.2) is 0 Å². The molecule has 0 spiro atoms. The van der Waals surface area contributed by atoms with Crippen LogP contribution in [0, 0.1) is 0 Å². The van der Waals surface area contributed by atoms with Gasteiger partial charge in [-0.2, -0.15) is 0 Å². The Labute approximate surface area is 185 Å². The van der Waals surface area contributed by atoms with Crippen LogP contribution in [-0.2, 0) is 6.54 Å². The van der Waals surface area contributed by atoms with Crippen LogP contribution in [-0.4, -0.2) is 26.3 Å². The highest BCUT2D eigenvalue weighted by molar-refractivity contribution is 9.10. The zero-order valence-corrected chi connectivity index (χ0v) is 18.2. The first-order chi connectivity index (χ1) is 14.1. The predicted molar refractivity (Wildman–Crippen MR) is 117 cm³/mol. The van der Waals surface area contributed by atoms with Crippen molar-refractivity contribution in [2.24, 2.45) is 0 Å². The van der Waals surface area contributed by atoms with E-state index in [0.29, 0.717) is 28.1 Å². The van der Waals surface area contributed by atoms with Crippen molar-refractivity contribution in [3.05, 3.63) is 87.7 Å². The van der Waals surface area contributed by atoms with Crippen LogP contribution >= 0.6 is 39.3 Å². The van der Waals surface area contributed by atoms with E-state index < -0.39 is 0 Å². The summed E-state index contributed by atoms with van der Waals surface area (Å²) in [6.07, 6.45) is 1.63. The van der Waals surface area contributed by atoms with E-state index in [-0.39, 0.29) is 11.5 Å². The van der Waals surface area contributed by atoms with E-state index in [4.69, 9.17) is 16.0 Å². The van der Waals surface area contributed by atoms with Crippen LogP contribution in [0.15, 0.2) is 81.0 Å². The van der Waals surface area contributed by atoms with Gasteiger partial charge in [0.15, 0.2) is 16.8 Å². The molecule has 0 fully saturated rings. The molecule has 0 aliphatic rings. The fraction of sp³-hybridized carbons (Fsp3) is 0.0952. The zero-order valence-electron chi connectivity index (χ0n) is 15.1. The number of carbonyl (C=O) groups is 1. The zero-order chi connectivity index (χ0) is 20.2. The molecule has 0 aliphatic heterocycles. The molecule has 2 aromatic carbocycles. The maximum Gasteiger partial charge on any atom is 0.192 e. The van der Waals surface area contributed by atoms with Gasteiger partial charge in [-0.15, -0.1) is 10.2 Å². The summed E-state index contributed by atoms with van der Waals surface area (Å²) in [6, 6.07) is 18.6. The minimum absolute atomic E-state index is 0.0133. The Morgan fingerprint density at radius 1 is 1.10 bits per heavy atom. The van der Waals surface area contributed by atoms with Crippen molar-refractivity contribution in [3.8, 4) is 11.4 Å². The van der Waals surface area contributed by atoms with Gasteiger partial charge in [0.05, 0.1) is 18.6 Å². The second-order valence-corrected chi connectivity index (χ2v) is 8.41. The fourth-order valence-electron chi connectivity index (χ4n) is 2.83. The van der Waals surface area contributed by atoms with E-state index in [0.717, 1.165) is 15.8 Å². The molecule has 0 N–H and O–H groups in total. The predicted octanol–water partition coefficient (Wildman–Crippen LogP) is 5.98. The third kappa shape index (κ3) is 4.63. The van der Waals surface area contributed by atoms with Crippen molar-refractivity contribution in [1.29, 1.82) is 0 Å². The van der Waals surface area contributed by atoms with Crippen LogP contribution in [0.2, 0.25) is 5.02 Å². The Hall–Kier alpha value is -2.35. The van der Waals surface area contributed by atoms with Crippen molar-refractivity contribution in [2.45, 2.75) is 11.7 Å². The number of carbonyl (C=O) groups excluding carboxylic acids is 1. The van der Waals surface area contributed by atoms with Gasteiger partial charge < -0.3 is 4.42 Å². The number of rotatable bonds is 7. The average molecular weight is 489 g/mol. The third-order valence-corrected chi connectivity index (χ3v) is 6.09. The summed E-state index contributed by atoms with van der Waals surface area (Å²) in [5.41, 5.74) is 1.49. The Morgan fingerprint density at radius 3 is 2.72 bits per heavy atom. The Balaban J connectivity index is 1.62. The number of nitrogens with zero attached hydrogens (tertiary/aromatic N) is 3. The van der Waals surface area contributed by atoms with Crippen LogP contribution in [0.25, 0.3) is 11.4 Å². The van der Waals surface area contributed by atoms with Gasteiger partial charge in [-0.3, -0.25) is 9.36 Å². The summed E-state index contributed by atoms with van der Waals surface area (Å²) in [7, 11) is 0. The summed E-state index contributed by atoms with van der Waals surface area (Å²) in [6.45, 7) is 0.452. The third-order valence-electron chi connectivity index (χ3n) is 4.20. The Morgan fingerprint density at radius 2 is 1.97 bits per heavy atom. The molecular weight excluding hydrogens is 474 g/mol. The first-order valence-electron chi connectivity index (χ1n) is 8.74. The van der Waals surface area contributed by atoms with Crippen LogP contribution in [0.4, 0.5) is 0 Å². The van der Waals surface area contributed by atoms with Crippen molar-refractivity contribution in [1.82, 2.24) is 14.8 Å². The molecule has 5 nitrogen and oxygen atoms in total. The van der Waals surface area contributed by atoms with Crippen molar-refractivity contribution in [3.63, 3.8) is 0 Å². The molecule has 0 saturated heterocycles. The lowest BCUT2D eigenvalue weighted by molar-refractivity contribution is 0.102. The number of Topliss-reactive ketones (excluding diaryl/α,β-unsaturated/α-hetero) is 1. The molecule has 4 aromatic rings. The maximum atomic E-state index is 12.6. The van der Waals surface area contributed by atoms with E-state index in [1.165, 1.54) is 11.8 Å². The molecule has 146 valence electrons. The highest BCUT2D eigenvalue weighted by Gasteiger charge is 2.18.